The van der Waals surface area contributed by atoms with E-state index < -0.39 is 5.76 Å². The lowest BCUT2D eigenvalue weighted by Crippen LogP contribution is -2.21. The van der Waals surface area contributed by atoms with Crippen molar-refractivity contribution in [2.24, 2.45) is 0 Å². The molecule has 2 heterocycles. The molecule has 0 radical (unpaired) electrons. The van der Waals surface area contributed by atoms with Gasteiger partial charge >= 0.3 is 5.76 Å². The van der Waals surface area contributed by atoms with E-state index >= 15 is 0 Å². The summed E-state index contributed by atoms with van der Waals surface area (Å²) in [4.78, 5) is 20.5. The lowest BCUT2D eigenvalue weighted by molar-refractivity contribution is 0.558. The quantitative estimate of drug-likeness (QED) is 0.783. The fourth-order valence-corrected chi connectivity index (χ4v) is 2.37. The number of oxazole rings is 1. The van der Waals surface area contributed by atoms with Crippen LogP contribution < -0.4 is 10.7 Å². The molecule has 98 valence electrons. The number of aromatic amines is 1. The molecule has 0 saturated heterocycles. The van der Waals surface area contributed by atoms with Gasteiger partial charge in [0.1, 0.15) is 5.52 Å². The molecule has 0 atom stereocenters. The second-order valence-corrected chi connectivity index (χ2v) is 4.39. The predicted molar refractivity (Wildman–Crippen MR) is 75.7 cm³/mol. The molecule has 19 heavy (non-hydrogen) atoms. The number of nitrogens with zero attached hydrogens (tertiary/aromatic N) is 2. The fourth-order valence-electron chi connectivity index (χ4n) is 2.37. The smallest absolute Gasteiger partial charge is 0.407 e. The molecule has 2 aromatic heterocycles. The first kappa shape index (κ1) is 11.8. The normalized spacial score (nSPS) is 11.3. The Morgan fingerprint density at radius 1 is 1.32 bits per heavy atom. The molecule has 1 aromatic carbocycles. The molecular formula is C14H15N3O2. The van der Waals surface area contributed by atoms with Crippen molar-refractivity contribution in [1.29, 1.82) is 0 Å². The monoisotopic (exact) mass is 257 g/mol. The summed E-state index contributed by atoms with van der Waals surface area (Å²) >= 11 is 0. The molecule has 0 aliphatic heterocycles. The Balaban J connectivity index is 2.30. The molecule has 3 rings (SSSR count). The van der Waals surface area contributed by atoms with E-state index in [2.05, 4.69) is 28.7 Å². The van der Waals surface area contributed by atoms with Gasteiger partial charge < -0.3 is 9.32 Å². The third-order valence-electron chi connectivity index (χ3n) is 3.36. The van der Waals surface area contributed by atoms with Crippen LogP contribution in [-0.2, 0) is 0 Å². The van der Waals surface area contributed by atoms with Crippen LogP contribution in [0.5, 0.6) is 0 Å². The van der Waals surface area contributed by atoms with Gasteiger partial charge in [0.15, 0.2) is 5.58 Å². The molecule has 0 fully saturated rings. The predicted octanol–water partition coefficient (Wildman–Crippen LogP) is 2.52. The van der Waals surface area contributed by atoms with E-state index in [1.807, 2.05) is 18.2 Å². The van der Waals surface area contributed by atoms with Gasteiger partial charge in [-0.15, -0.1) is 0 Å². The van der Waals surface area contributed by atoms with Crippen molar-refractivity contribution in [3.05, 3.63) is 34.9 Å². The number of benzene rings is 1. The molecule has 0 amide bonds. The Hall–Kier alpha value is -2.30. The van der Waals surface area contributed by atoms with E-state index in [4.69, 9.17) is 4.42 Å². The van der Waals surface area contributed by atoms with Gasteiger partial charge in [0.05, 0.1) is 11.7 Å². The number of anilines is 1. The maximum Gasteiger partial charge on any atom is 0.417 e. The summed E-state index contributed by atoms with van der Waals surface area (Å²) in [5.74, 6) is -0.447. The first-order valence-electron chi connectivity index (χ1n) is 6.39. The van der Waals surface area contributed by atoms with Gasteiger partial charge in [-0.3, -0.25) is 9.97 Å². The number of pyridine rings is 1. The highest BCUT2D eigenvalue weighted by Crippen LogP contribution is 2.26. The van der Waals surface area contributed by atoms with E-state index in [1.54, 1.807) is 6.20 Å². The summed E-state index contributed by atoms with van der Waals surface area (Å²) in [5.41, 5.74) is 3.14. The summed E-state index contributed by atoms with van der Waals surface area (Å²) in [5, 5.41) is 0.861. The summed E-state index contributed by atoms with van der Waals surface area (Å²) in [6.45, 7) is 6.09. The van der Waals surface area contributed by atoms with Crippen molar-refractivity contribution < 1.29 is 4.42 Å². The second-order valence-electron chi connectivity index (χ2n) is 4.39. The Kier molecular flexibility index (Phi) is 2.74. The largest absolute Gasteiger partial charge is 0.417 e. The highest BCUT2D eigenvalue weighted by molar-refractivity contribution is 6.01. The maximum absolute atomic E-state index is 11.3. The highest BCUT2D eigenvalue weighted by Gasteiger charge is 2.09. The molecule has 0 aliphatic rings. The number of fused-ring (bicyclic) bond motifs is 3. The van der Waals surface area contributed by atoms with Crippen molar-refractivity contribution >= 4 is 27.7 Å². The molecule has 0 spiro atoms. The van der Waals surface area contributed by atoms with Gasteiger partial charge in [-0.1, -0.05) is 0 Å². The number of aromatic nitrogens is 2. The van der Waals surface area contributed by atoms with E-state index in [-0.39, 0.29) is 0 Å². The van der Waals surface area contributed by atoms with Crippen LogP contribution in [0.3, 0.4) is 0 Å². The maximum atomic E-state index is 11.3. The van der Waals surface area contributed by atoms with E-state index in [0.717, 1.165) is 29.7 Å². The van der Waals surface area contributed by atoms with Crippen LogP contribution in [0.1, 0.15) is 13.8 Å². The molecule has 5 heteroatoms. The zero-order valence-corrected chi connectivity index (χ0v) is 10.9. The zero-order valence-electron chi connectivity index (χ0n) is 10.9. The number of rotatable bonds is 3. The summed E-state index contributed by atoms with van der Waals surface area (Å²) in [7, 11) is 0. The number of hydrogen-bond donors (Lipinski definition) is 1. The first-order valence-corrected chi connectivity index (χ1v) is 6.39. The number of H-pyrrole nitrogens is 1. The van der Waals surface area contributed by atoms with Gasteiger partial charge in [0, 0.05) is 24.2 Å². The van der Waals surface area contributed by atoms with Crippen molar-refractivity contribution in [3.8, 4) is 0 Å². The molecule has 1 N–H and O–H groups in total. The first-order chi connectivity index (χ1) is 9.22. The third-order valence-corrected chi connectivity index (χ3v) is 3.36. The van der Waals surface area contributed by atoms with E-state index in [1.165, 1.54) is 0 Å². The van der Waals surface area contributed by atoms with Crippen LogP contribution >= 0.6 is 0 Å². The standard InChI is InChI=1S/C14H15N3O2/c1-3-17(4-2)9-5-6-11-10(7-9)13-12(8-15-11)16-14(18)19-13/h5-8H,3-4H2,1-2H3,(H,16,18). The van der Waals surface area contributed by atoms with Gasteiger partial charge in [0.2, 0.25) is 0 Å². The summed E-state index contributed by atoms with van der Waals surface area (Å²) in [6.07, 6.45) is 1.62. The van der Waals surface area contributed by atoms with Crippen LogP contribution in [0.25, 0.3) is 22.0 Å². The molecule has 5 nitrogen and oxygen atoms in total. The van der Waals surface area contributed by atoms with Crippen molar-refractivity contribution in [1.82, 2.24) is 9.97 Å². The van der Waals surface area contributed by atoms with Gasteiger partial charge in [-0.05, 0) is 32.0 Å². The molecule has 0 aliphatic carbocycles. The second kappa shape index (κ2) is 4.42. The zero-order chi connectivity index (χ0) is 13.4. The minimum absolute atomic E-state index is 0.447. The highest BCUT2D eigenvalue weighted by atomic mass is 16.4. The molecule has 0 saturated carbocycles. The Morgan fingerprint density at radius 2 is 2.11 bits per heavy atom. The SMILES string of the molecule is CCN(CC)c1ccc2ncc3[nH]c(=O)oc3c2c1. The van der Waals surface area contributed by atoms with Crippen molar-refractivity contribution in [2.45, 2.75) is 13.8 Å². The van der Waals surface area contributed by atoms with Gasteiger partial charge in [-0.2, -0.15) is 0 Å². The Bertz CT molecular complexity index is 784. The Labute approximate surface area is 109 Å². The van der Waals surface area contributed by atoms with Gasteiger partial charge in [-0.25, -0.2) is 4.79 Å². The van der Waals surface area contributed by atoms with Crippen LogP contribution in [0.15, 0.2) is 33.6 Å². The molecule has 0 bridgehead atoms. The minimum Gasteiger partial charge on any atom is -0.407 e. The van der Waals surface area contributed by atoms with Crippen molar-refractivity contribution in [2.75, 3.05) is 18.0 Å². The van der Waals surface area contributed by atoms with E-state index in [9.17, 15) is 4.79 Å². The van der Waals surface area contributed by atoms with E-state index in [0.29, 0.717) is 11.1 Å². The molecule has 3 aromatic rings. The number of hydrogen-bond acceptors (Lipinski definition) is 4. The average molecular weight is 257 g/mol. The topological polar surface area (TPSA) is 62.1 Å². The van der Waals surface area contributed by atoms with Crippen molar-refractivity contribution in [3.63, 3.8) is 0 Å². The third kappa shape index (κ3) is 1.87. The summed E-state index contributed by atoms with van der Waals surface area (Å²) in [6, 6.07) is 6.02. The van der Waals surface area contributed by atoms with Crippen LogP contribution in [0, 0.1) is 0 Å². The van der Waals surface area contributed by atoms with Crippen LogP contribution in [-0.4, -0.2) is 23.1 Å². The lowest BCUT2D eigenvalue weighted by atomic mass is 10.1. The Morgan fingerprint density at radius 3 is 2.84 bits per heavy atom. The summed E-state index contributed by atoms with van der Waals surface area (Å²) < 4.78 is 5.21. The van der Waals surface area contributed by atoms with Crippen LogP contribution in [0.2, 0.25) is 0 Å². The molecule has 0 unspecified atom stereocenters. The molecular weight excluding hydrogens is 242 g/mol. The van der Waals surface area contributed by atoms with Crippen LogP contribution in [0.4, 0.5) is 5.69 Å². The van der Waals surface area contributed by atoms with Gasteiger partial charge in [0.25, 0.3) is 0 Å². The lowest BCUT2D eigenvalue weighted by Gasteiger charge is -2.21. The minimum atomic E-state index is -0.447. The number of nitrogens with one attached hydrogen (secondary N) is 1. The fraction of sp³-hybridized carbons (Fsp3) is 0.286. The average Bonchev–Trinajstić information content (AvgIpc) is 2.81.